The second-order valence-electron chi connectivity index (χ2n) is 6.44. The average Bonchev–Trinajstić information content (AvgIpc) is 2.58. The third-order valence-corrected chi connectivity index (χ3v) is 4.61. The minimum absolute atomic E-state index is 0.173. The minimum Gasteiger partial charge on any atom is -0.206 e. The van der Waals surface area contributed by atoms with Gasteiger partial charge in [0.15, 0.2) is 0 Å². The second-order valence-corrected chi connectivity index (χ2v) is 6.44. The number of benzene rings is 3. The molecule has 0 aliphatic carbocycles. The monoisotopic (exact) mass is 318 g/mol. The van der Waals surface area contributed by atoms with Gasteiger partial charge in [-0.05, 0) is 59.7 Å². The van der Waals surface area contributed by atoms with Crippen LogP contribution in [0.1, 0.15) is 30.0 Å². The van der Waals surface area contributed by atoms with E-state index in [-0.39, 0.29) is 5.82 Å². The highest BCUT2D eigenvalue weighted by Crippen LogP contribution is 2.29. The first kappa shape index (κ1) is 16.4. The molecular weight excluding hydrogens is 295 g/mol. The lowest BCUT2D eigenvalue weighted by Crippen LogP contribution is -1.89. The van der Waals surface area contributed by atoms with Crippen molar-refractivity contribution >= 4 is 0 Å². The standard InChI is InChI=1S/C23H23F/c1-4-5-18-7-10-19(11-8-18)20-12-13-22(23(24)15-20)21-9-6-16(2)17(3)14-21/h6-15H,4-5H2,1-3H3. The summed E-state index contributed by atoms with van der Waals surface area (Å²) in [5.74, 6) is -0.173. The molecule has 0 atom stereocenters. The molecular formula is C23H23F. The van der Waals surface area contributed by atoms with E-state index in [1.54, 1.807) is 6.07 Å². The van der Waals surface area contributed by atoms with Crippen LogP contribution in [-0.4, -0.2) is 0 Å². The van der Waals surface area contributed by atoms with Crippen LogP contribution in [0, 0.1) is 19.7 Å². The van der Waals surface area contributed by atoms with E-state index < -0.39 is 0 Å². The zero-order valence-corrected chi connectivity index (χ0v) is 14.6. The fraction of sp³-hybridized carbons (Fsp3) is 0.217. The van der Waals surface area contributed by atoms with Crippen molar-refractivity contribution in [1.82, 2.24) is 0 Å². The Hall–Kier alpha value is -2.41. The Balaban J connectivity index is 1.93. The smallest absolute Gasteiger partial charge is 0.131 e. The maximum atomic E-state index is 14.7. The summed E-state index contributed by atoms with van der Waals surface area (Å²) < 4.78 is 14.7. The quantitative estimate of drug-likeness (QED) is 0.500. The largest absolute Gasteiger partial charge is 0.206 e. The first-order valence-electron chi connectivity index (χ1n) is 8.55. The van der Waals surface area contributed by atoms with E-state index >= 15 is 0 Å². The molecule has 122 valence electrons. The molecule has 0 radical (unpaired) electrons. The topological polar surface area (TPSA) is 0 Å². The van der Waals surface area contributed by atoms with Gasteiger partial charge in [0.2, 0.25) is 0 Å². The third-order valence-electron chi connectivity index (χ3n) is 4.61. The Morgan fingerprint density at radius 3 is 2.00 bits per heavy atom. The molecule has 0 unspecified atom stereocenters. The Kier molecular flexibility index (Phi) is 4.80. The van der Waals surface area contributed by atoms with Crippen LogP contribution in [0.3, 0.4) is 0 Å². The minimum atomic E-state index is -0.173. The molecule has 3 aromatic rings. The average molecular weight is 318 g/mol. The predicted octanol–water partition coefficient (Wildman–Crippen LogP) is 6.73. The van der Waals surface area contributed by atoms with Crippen molar-refractivity contribution in [2.75, 3.05) is 0 Å². The second kappa shape index (κ2) is 7.00. The van der Waals surface area contributed by atoms with Gasteiger partial charge in [-0.1, -0.05) is 67.9 Å². The number of rotatable bonds is 4. The molecule has 0 saturated heterocycles. The van der Waals surface area contributed by atoms with Crippen molar-refractivity contribution in [1.29, 1.82) is 0 Å². The lowest BCUT2D eigenvalue weighted by atomic mass is 9.96. The van der Waals surface area contributed by atoms with Gasteiger partial charge in [0, 0.05) is 5.56 Å². The van der Waals surface area contributed by atoms with Crippen molar-refractivity contribution in [2.24, 2.45) is 0 Å². The predicted molar refractivity (Wildman–Crippen MR) is 101 cm³/mol. The zero-order chi connectivity index (χ0) is 17.1. The van der Waals surface area contributed by atoms with Gasteiger partial charge >= 0.3 is 0 Å². The van der Waals surface area contributed by atoms with Crippen LogP contribution in [0.25, 0.3) is 22.3 Å². The molecule has 0 amide bonds. The van der Waals surface area contributed by atoms with E-state index in [4.69, 9.17) is 0 Å². The zero-order valence-electron chi connectivity index (χ0n) is 14.6. The maximum absolute atomic E-state index is 14.7. The fourth-order valence-corrected chi connectivity index (χ4v) is 2.99. The van der Waals surface area contributed by atoms with Gasteiger partial charge in [-0.3, -0.25) is 0 Å². The molecule has 0 saturated carbocycles. The Bertz CT molecular complexity index is 844. The number of hydrogen-bond acceptors (Lipinski definition) is 0. The number of halogens is 1. The summed E-state index contributed by atoms with van der Waals surface area (Å²) in [6.45, 7) is 6.30. The lowest BCUT2D eigenvalue weighted by molar-refractivity contribution is 0.632. The van der Waals surface area contributed by atoms with Gasteiger partial charge in [0.25, 0.3) is 0 Å². The SMILES string of the molecule is CCCc1ccc(-c2ccc(-c3ccc(C)c(C)c3)c(F)c2)cc1. The summed E-state index contributed by atoms with van der Waals surface area (Å²) in [4.78, 5) is 0. The summed E-state index contributed by atoms with van der Waals surface area (Å²) >= 11 is 0. The molecule has 0 spiro atoms. The summed E-state index contributed by atoms with van der Waals surface area (Å²) in [6, 6.07) is 20.0. The Labute approximate surface area is 144 Å². The van der Waals surface area contributed by atoms with Crippen LogP contribution >= 0.6 is 0 Å². The maximum Gasteiger partial charge on any atom is 0.131 e. The Morgan fingerprint density at radius 1 is 0.708 bits per heavy atom. The van der Waals surface area contributed by atoms with Crippen LogP contribution in [0.4, 0.5) is 4.39 Å². The summed E-state index contributed by atoms with van der Waals surface area (Å²) in [5.41, 5.74) is 7.30. The fourth-order valence-electron chi connectivity index (χ4n) is 2.99. The molecule has 3 rings (SSSR count). The first-order valence-corrected chi connectivity index (χ1v) is 8.55. The first-order chi connectivity index (χ1) is 11.6. The van der Waals surface area contributed by atoms with E-state index in [2.05, 4.69) is 45.0 Å². The van der Waals surface area contributed by atoms with Gasteiger partial charge in [-0.15, -0.1) is 0 Å². The molecule has 24 heavy (non-hydrogen) atoms. The molecule has 0 aliphatic heterocycles. The van der Waals surface area contributed by atoms with Gasteiger partial charge < -0.3 is 0 Å². The Morgan fingerprint density at radius 2 is 1.38 bits per heavy atom. The van der Waals surface area contributed by atoms with Crippen LogP contribution in [0.5, 0.6) is 0 Å². The van der Waals surface area contributed by atoms with Crippen molar-refractivity contribution in [3.8, 4) is 22.3 Å². The molecule has 0 heterocycles. The number of hydrogen-bond donors (Lipinski definition) is 0. The van der Waals surface area contributed by atoms with E-state index in [0.29, 0.717) is 5.56 Å². The highest BCUT2D eigenvalue weighted by atomic mass is 19.1. The molecule has 0 aromatic heterocycles. The van der Waals surface area contributed by atoms with E-state index in [1.807, 2.05) is 30.3 Å². The van der Waals surface area contributed by atoms with Crippen LogP contribution in [-0.2, 0) is 6.42 Å². The van der Waals surface area contributed by atoms with Gasteiger partial charge in [0.05, 0.1) is 0 Å². The van der Waals surface area contributed by atoms with Gasteiger partial charge in [-0.2, -0.15) is 0 Å². The molecule has 0 nitrogen and oxygen atoms in total. The van der Waals surface area contributed by atoms with Crippen LogP contribution in [0.2, 0.25) is 0 Å². The van der Waals surface area contributed by atoms with E-state index in [9.17, 15) is 4.39 Å². The molecule has 0 aliphatic rings. The molecule has 1 heteroatoms. The summed E-state index contributed by atoms with van der Waals surface area (Å²) in [7, 11) is 0. The van der Waals surface area contributed by atoms with Crippen molar-refractivity contribution in [3.63, 3.8) is 0 Å². The van der Waals surface area contributed by atoms with Gasteiger partial charge in [-0.25, -0.2) is 4.39 Å². The highest BCUT2D eigenvalue weighted by Gasteiger charge is 2.08. The van der Waals surface area contributed by atoms with E-state index in [1.165, 1.54) is 16.7 Å². The van der Waals surface area contributed by atoms with Crippen molar-refractivity contribution < 1.29 is 4.39 Å². The lowest BCUT2D eigenvalue weighted by Gasteiger charge is -2.09. The highest BCUT2D eigenvalue weighted by molar-refractivity contribution is 5.71. The van der Waals surface area contributed by atoms with E-state index in [0.717, 1.165) is 29.5 Å². The number of aryl methyl sites for hydroxylation is 3. The van der Waals surface area contributed by atoms with Crippen molar-refractivity contribution in [3.05, 3.63) is 83.2 Å². The third kappa shape index (κ3) is 3.41. The summed E-state index contributed by atoms with van der Waals surface area (Å²) in [6.07, 6.45) is 2.22. The van der Waals surface area contributed by atoms with Crippen molar-refractivity contribution in [2.45, 2.75) is 33.6 Å². The van der Waals surface area contributed by atoms with Crippen LogP contribution in [0.15, 0.2) is 60.7 Å². The molecule has 3 aromatic carbocycles. The summed E-state index contributed by atoms with van der Waals surface area (Å²) in [5, 5.41) is 0. The molecule has 0 fully saturated rings. The van der Waals surface area contributed by atoms with Gasteiger partial charge in [0.1, 0.15) is 5.82 Å². The normalized spacial score (nSPS) is 10.8. The van der Waals surface area contributed by atoms with Crippen LogP contribution < -0.4 is 0 Å². The molecule has 0 bridgehead atoms. The molecule has 0 N–H and O–H groups in total.